The van der Waals surface area contributed by atoms with Gasteiger partial charge in [0.1, 0.15) is 11.5 Å². The maximum atomic E-state index is 13.8. The topological polar surface area (TPSA) is 75.7 Å². The molecule has 0 spiro atoms. The molecule has 0 unspecified atom stereocenters. The van der Waals surface area contributed by atoms with Gasteiger partial charge in [0.05, 0.1) is 21.2 Å². The number of piperidine rings is 1. The van der Waals surface area contributed by atoms with Gasteiger partial charge in [-0.3, -0.25) is 9.52 Å². The summed E-state index contributed by atoms with van der Waals surface area (Å²) in [4.78, 5) is 15.7. The van der Waals surface area contributed by atoms with Crippen molar-refractivity contribution >= 4 is 44.8 Å². The highest BCUT2D eigenvalue weighted by Gasteiger charge is 2.30. The van der Waals surface area contributed by atoms with E-state index in [1.165, 1.54) is 24.3 Å². The Labute approximate surface area is 244 Å². The van der Waals surface area contributed by atoms with Crippen LogP contribution in [0.3, 0.4) is 0 Å². The van der Waals surface area contributed by atoms with Crippen LogP contribution in [0.15, 0.2) is 102 Å². The van der Waals surface area contributed by atoms with Crippen LogP contribution in [-0.2, 0) is 16.4 Å². The van der Waals surface area contributed by atoms with Crippen molar-refractivity contribution in [3.63, 3.8) is 0 Å². The molecule has 1 N–H and O–H groups in total. The van der Waals surface area contributed by atoms with Gasteiger partial charge in [0, 0.05) is 17.6 Å². The van der Waals surface area contributed by atoms with Crippen molar-refractivity contribution in [2.45, 2.75) is 36.6 Å². The van der Waals surface area contributed by atoms with Crippen LogP contribution >= 0.6 is 23.2 Å². The first-order valence-corrected chi connectivity index (χ1v) is 15.2. The Kier molecular flexibility index (Phi) is 8.64. The Morgan fingerprint density at radius 3 is 2.38 bits per heavy atom. The van der Waals surface area contributed by atoms with Crippen LogP contribution in [0.2, 0.25) is 10.0 Å². The molecule has 1 aliphatic heterocycles. The molecule has 1 atom stereocenters. The van der Waals surface area contributed by atoms with E-state index in [0.717, 1.165) is 31.2 Å². The third kappa shape index (κ3) is 6.61. The van der Waals surface area contributed by atoms with Crippen LogP contribution in [0.5, 0.6) is 11.5 Å². The van der Waals surface area contributed by atoms with Crippen molar-refractivity contribution in [1.82, 2.24) is 4.90 Å². The minimum absolute atomic E-state index is 0.0118. The Morgan fingerprint density at radius 1 is 0.900 bits per heavy atom. The van der Waals surface area contributed by atoms with Crippen LogP contribution in [0.4, 0.5) is 5.69 Å². The molecule has 0 aliphatic carbocycles. The van der Waals surface area contributed by atoms with Crippen molar-refractivity contribution < 1.29 is 17.9 Å². The number of carbonyl (C=O) groups excluding carboxylic acids is 1. The fourth-order valence-corrected chi connectivity index (χ4v) is 6.27. The summed E-state index contributed by atoms with van der Waals surface area (Å²) >= 11 is 12.4. The summed E-state index contributed by atoms with van der Waals surface area (Å²) in [5.74, 6) is 0.652. The molecule has 9 heteroatoms. The van der Waals surface area contributed by atoms with Gasteiger partial charge >= 0.3 is 0 Å². The standard InChI is InChI=1S/C31H28Cl2N2O4S/c32-23-13-18-29(27(21-23)31(36)35-19-7-6-10-24(35)20-22-8-2-1-3-9-22)34-40(37,38)26-16-14-25(15-17-26)39-30-12-5-4-11-28(30)33/h1-5,8-9,11-18,21,24,34H,6-7,10,19-20H2/t24-/m1/s1. The lowest BCUT2D eigenvalue weighted by Crippen LogP contribution is -2.45. The summed E-state index contributed by atoms with van der Waals surface area (Å²) in [7, 11) is -4.02. The zero-order chi connectivity index (χ0) is 28.1. The SMILES string of the molecule is O=C(c1cc(Cl)ccc1NS(=O)(=O)c1ccc(Oc2ccccc2Cl)cc1)N1CCCC[C@@H]1Cc1ccccc1. The molecule has 0 aromatic heterocycles. The van der Waals surface area contributed by atoms with E-state index in [9.17, 15) is 13.2 Å². The number of hydrogen-bond acceptors (Lipinski definition) is 4. The van der Waals surface area contributed by atoms with Crippen LogP contribution in [0.25, 0.3) is 0 Å². The highest BCUT2D eigenvalue weighted by atomic mass is 35.5. The summed E-state index contributed by atoms with van der Waals surface area (Å²) in [5.41, 5.74) is 1.55. The van der Waals surface area contributed by atoms with Gasteiger partial charge in [0.25, 0.3) is 15.9 Å². The minimum atomic E-state index is -4.02. The summed E-state index contributed by atoms with van der Waals surface area (Å²) in [6.07, 6.45) is 3.54. The van der Waals surface area contributed by atoms with E-state index in [4.69, 9.17) is 27.9 Å². The predicted octanol–water partition coefficient (Wildman–Crippen LogP) is 7.82. The number of likely N-dealkylation sites (tertiary alicyclic amines) is 1. The second-order valence-electron chi connectivity index (χ2n) is 9.64. The second-order valence-corrected chi connectivity index (χ2v) is 12.2. The molecule has 4 aromatic carbocycles. The largest absolute Gasteiger partial charge is 0.456 e. The summed E-state index contributed by atoms with van der Waals surface area (Å²) < 4.78 is 35.0. The number of carbonyl (C=O) groups is 1. The summed E-state index contributed by atoms with van der Waals surface area (Å²) in [6, 6.07) is 27.7. The maximum absolute atomic E-state index is 13.8. The highest BCUT2D eigenvalue weighted by molar-refractivity contribution is 7.92. The van der Waals surface area contributed by atoms with Gasteiger partial charge in [-0.2, -0.15) is 0 Å². The molecule has 1 saturated heterocycles. The molecule has 1 heterocycles. The van der Waals surface area contributed by atoms with E-state index in [0.29, 0.717) is 28.1 Å². The van der Waals surface area contributed by atoms with Crippen molar-refractivity contribution in [3.8, 4) is 11.5 Å². The number of sulfonamides is 1. The van der Waals surface area contributed by atoms with Gasteiger partial charge < -0.3 is 9.64 Å². The average molecular weight is 596 g/mol. The third-order valence-electron chi connectivity index (χ3n) is 6.86. The number of hydrogen-bond donors (Lipinski definition) is 1. The number of halogens is 2. The molecule has 0 radical (unpaired) electrons. The first-order chi connectivity index (χ1) is 19.3. The van der Waals surface area contributed by atoms with Crippen LogP contribution in [-0.4, -0.2) is 31.8 Å². The number of nitrogens with zero attached hydrogens (tertiary/aromatic N) is 1. The van der Waals surface area contributed by atoms with Gasteiger partial charge in [0.2, 0.25) is 0 Å². The maximum Gasteiger partial charge on any atom is 0.261 e. The van der Waals surface area contributed by atoms with Crippen LogP contribution in [0.1, 0.15) is 35.2 Å². The molecular formula is C31H28Cl2N2O4S. The van der Waals surface area contributed by atoms with Gasteiger partial charge in [0.15, 0.2) is 0 Å². The summed E-state index contributed by atoms with van der Waals surface area (Å²) in [6.45, 7) is 0.599. The number of benzene rings is 4. The monoisotopic (exact) mass is 594 g/mol. The van der Waals surface area contributed by atoms with Crippen molar-refractivity contribution in [3.05, 3.63) is 118 Å². The Balaban J connectivity index is 1.36. The van der Waals surface area contributed by atoms with Gasteiger partial charge in [-0.15, -0.1) is 0 Å². The third-order valence-corrected chi connectivity index (χ3v) is 8.79. The fourth-order valence-electron chi connectivity index (χ4n) is 4.85. The van der Waals surface area contributed by atoms with Crippen molar-refractivity contribution in [1.29, 1.82) is 0 Å². The Bertz CT molecular complexity index is 1600. The number of ether oxygens (including phenoxy) is 1. The molecule has 5 rings (SSSR count). The lowest BCUT2D eigenvalue weighted by atomic mass is 9.94. The highest BCUT2D eigenvalue weighted by Crippen LogP contribution is 2.31. The predicted molar refractivity (Wildman–Crippen MR) is 159 cm³/mol. The average Bonchev–Trinajstić information content (AvgIpc) is 2.96. The summed E-state index contributed by atoms with van der Waals surface area (Å²) in [5, 5.41) is 0.796. The molecule has 1 amide bonds. The lowest BCUT2D eigenvalue weighted by Gasteiger charge is -2.36. The molecule has 40 heavy (non-hydrogen) atoms. The molecular weight excluding hydrogens is 567 g/mol. The van der Waals surface area contributed by atoms with E-state index >= 15 is 0 Å². The van der Waals surface area contributed by atoms with E-state index < -0.39 is 10.0 Å². The van der Waals surface area contributed by atoms with Crippen molar-refractivity contribution in [2.75, 3.05) is 11.3 Å². The number of nitrogens with one attached hydrogen (secondary N) is 1. The number of anilines is 1. The quantitative estimate of drug-likeness (QED) is 0.225. The minimum Gasteiger partial charge on any atom is -0.456 e. The van der Waals surface area contributed by atoms with E-state index in [-0.39, 0.29) is 28.1 Å². The zero-order valence-electron chi connectivity index (χ0n) is 21.6. The molecule has 1 fully saturated rings. The number of para-hydroxylation sites is 1. The molecule has 0 bridgehead atoms. The fraction of sp³-hybridized carbons (Fsp3) is 0.194. The molecule has 6 nitrogen and oxygen atoms in total. The zero-order valence-corrected chi connectivity index (χ0v) is 23.9. The molecule has 1 aliphatic rings. The van der Waals surface area contributed by atoms with Crippen LogP contribution < -0.4 is 9.46 Å². The van der Waals surface area contributed by atoms with Crippen molar-refractivity contribution in [2.24, 2.45) is 0 Å². The van der Waals surface area contributed by atoms with Gasteiger partial charge in [-0.1, -0.05) is 65.7 Å². The first-order valence-electron chi connectivity index (χ1n) is 13.0. The Hall–Kier alpha value is -3.52. The number of rotatable bonds is 8. The molecule has 0 saturated carbocycles. The van der Waals surface area contributed by atoms with E-state index in [1.807, 2.05) is 23.1 Å². The molecule has 206 valence electrons. The van der Waals surface area contributed by atoms with Gasteiger partial charge in [-0.25, -0.2) is 8.42 Å². The van der Waals surface area contributed by atoms with Gasteiger partial charge in [-0.05, 0) is 85.8 Å². The first kappa shape index (κ1) is 28.0. The Morgan fingerprint density at radius 2 is 1.62 bits per heavy atom. The van der Waals surface area contributed by atoms with E-state index in [1.54, 1.807) is 42.5 Å². The lowest BCUT2D eigenvalue weighted by molar-refractivity contribution is 0.0614. The smallest absolute Gasteiger partial charge is 0.261 e. The molecule has 4 aromatic rings. The van der Waals surface area contributed by atoms with E-state index in [2.05, 4.69) is 16.9 Å². The number of amides is 1. The van der Waals surface area contributed by atoms with Crippen LogP contribution in [0, 0.1) is 0 Å². The normalized spacial score (nSPS) is 15.4. The second kappa shape index (κ2) is 12.3.